The molecule has 0 aliphatic heterocycles. The van der Waals surface area contributed by atoms with Crippen LogP contribution in [-0.4, -0.2) is 32.9 Å². The number of aliphatic carboxylic acids is 1. The monoisotopic (exact) mass is 248 g/mol. The van der Waals surface area contributed by atoms with Crippen molar-refractivity contribution in [2.75, 3.05) is 0 Å². The van der Waals surface area contributed by atoms with Crippen LogP contribution in [-0.2, 0) is 9.59 Å². The summed E-state index contributed by atoms with van der Waals surface area (Å²) in [5, 5.41) is 9.43. The second-order valence-corrected chi connectivity index (χ2v) is 4.63. The van der Waals surface area contributed by atoms with Gasteiger partial charge in [-0.15, -0.1) is 0 Å². The van der Waals surface area contributed by atoms with Crippen LogP contribution in [0.25, 0.3) is 0 Å². The van der Waals surface area contributed by atoms with Gasteiger partial charge in [0, 0.05) is 30.9 Å². The molecule has 18 heavy (non-hydrogen) atoms. The van der Waals surface area contributed by atoms with Crippen LogP contribution in [0.1, 0.15) is 36.9 Å². The second-order valence-electron chi connectivity index (χ2n) is 4.63. The first kappa shape index (κ1) is 12.5. The number of carbonyl (C=O) groups excluding carboxylic acids is 1. The van der Waals surface area contributed by atoms with Gasteiger partial charge in [0.1, 0.15) is 0 Å². The van der Waals surface area contributed by atoms with Gasteiger partial charge in [0.15, 0.2) is 6.04 Å². The first-order valence-electron chi connectivity index (χ1n) is 5.94. The van der Waals surface area contributed by atoms with E-state index in [1.165, 1.54) is 18.0 Å². The van der Waals surface area contributed by atoms with Gasteiger partial charge in [0.25, 0.3) is 0 Å². The Morgan fingerprint density at radius 2 is 2.17 bits per heavy atom. The topological polar surface area (TPSA) is 70.5 Å². The number of hydrogen-bond acceptors (Lipinski definition) is 3. The zero-order chi connectivity index (χ0) is 13.3. The minimum atomic E-state index is -1.01. The Hall–Kier alpha value is -1.91. The number of aromatic nitrogens is 1. The number of amides is 1. The molecule has 1 aromatic heterocycles. The molecule has 0 saturated heterocycles. The summed E-state index contributed by atoms with van der Waals surface area (Å²) in [4.78, 5) is 28.6. The zero-order valence-corrected chi connectivity index (χ0v) is 10.5. The van der Waals surface area contributed by atoms with Gasteiger partial charge in [0.2, 0.25) is 5.91 Å². The zero-order valence-electron chi connectivity index (χ0n) is 10.5. The molecule has 1 aliphatic rings. The van der Waals surface area contributed by atoms with Crippen LogP contribution in [0.4, 0.5) is 0 Å². The molecule has 0 radical (unpaired) electrons. The Bertz CT molecular complexity index is 483. The molecule has 1 aromatic rings. The molecular weight excluding hydrogens is 232 g/mol. The van der Waals surface area contributed by atoms with Gasteiger partial charge in [-0.2, -0.15) is 0 Å². The van der Waals surface area contributed by atoms with Gasteiger partial charge in [0.05, 0.1) is 0 Å². The molecule has 1 N–H and O–H groups in total. The van der Waals surface area contributed by atoms with E-state index in [0.29, 0.717) is 5.56 Å². The lowest BCUT2D eigenvalue weighted by atomic mass is 10.0. The van der Waals surface area contributed by atoms with Crippen molar-refractivity contribution in [1.29, 1.82) is 0 Å². The van der Waals surface area contributed by atoms with Crippen molar-refractivity contribution in [2.24, 2.45) is 0 Å². The quantitative estimate of drug-likeness (QED) is 0.877. The largest absolute Gasteiger partial charge is 0.479 e. The summed E-state index contributed by atoms with van der Waals surface area (Å²) < 4.78 is 0. The number of hydrogen-bond donors (Lipinski definition) is 1. The number of pyridine rings is 1. The average Bonchev–Trinajstić information content (AvgIpc) is 3.10. The molecule has 1 fully saturated rings. The van der Waals surface area contributed by atoms with Crippen LogP contribution in [0.5, 0.6) is 0 Å². The second kappa shape index (κ2) is 4.76. The Morgan fingerprint density at radius 1 is 1.50 bits per heavy atom. The molecule has 1 unspecified atom stereocenters. The molecule has 5 heteroatoms. The van der Waals surface area contributed by atoms with Crippen LogP contribution in [0.2, 0.25) is 0 Å². The molecule has 0 aromatic carbocycles. The van der Waals surface area contributed by atoms with Crippen LogP contribution in [0.3, 0.4) is 0 Å². The number of carboxylic acids is 1. The van der Waals surface area contributed by atoms with E-state index >= 15 is 0 Å². The Kier molecular flexibility index (Phi) is 3.32. The maximum Gasteiger partial charge on any atom is 0.331 e. The predicted molar refractivity (Wildman–Crippen MR) is 64.9 cm³/mol. The van der Waals surface area contributed by atoms with Crippen LogP contribution >= 0.6 is 0 Å². The van der Waals surface area contributed by atoms with Crippen molar-refractivity contribution in [3.63, 3.8) is 0 Å². The number of rotatable bonds is 4. The lowest BCUT2D eigenvalue weighted by Gasteiger charge is -2.28. The molecule has 1 aliphatic carbocycles. The molecule has 1 heterocycles. The summed E-state index contributed by atoms with van der Waals surface area (Å²) in [6.45, 7) is 3.25. The van der Waals surface area contributed by atoms with E-state index in [9.17, 15) is 14.7 Å². The van der Waals surface area contributed by atoms with E-state index in [4.69, 9.17) is 0 Å². The predicted octanol–water partition coefficient (Wildman–Crippen LogP) is 1.53. The van der Waals surface area contributed by atoms with Crippen LogP contribution in [0.15, 0.2) is 18.5 Å². The Morgan fingerprint density at radius 3 is 2.61 bits per heavy atom. The summed E-state index contributed by atoms with van der Waals surface area (Å²) in [6, 6.07) is 0.892. The van der Waals surface area contributed by atoms with Crippen LogP contribution < -0.4 is 0 Å². The minimum absolute atomic E-state index is 0.0585. The molecule has 0 bridgehead atoms. The fourth-order valence-corrected chi connectivity index (χ4v) is 2.17. The van der Waals surface area contributed by atoms with Crippen LogP contribution in [0, 0.1) is 6.92 Å². The Labute approximate surface area is 105 Å². The highest BCUT2D eigenvalue weighted by Gasteiger charge is 2.40. The third-order valence-corrected chi connectivity index (χ3v) is 3.19. The molecule has 96 valence electrons. The first-order valence-corrected chi connectivity index (χ1v) is 5.94. The van der Waals surface area contributed by atoms with Gasteiger partial charge < -0.3 is 10.0 Å². The highest BCUT2D eigenvalue weighted by atomic mass is 16.4. The van der Waals surface area contributed by atoms with E-state index in [1.807, 2.05) is 6.92 Å². The SMILES string of the molecule is CC(=O)N(C1CC1)C(C(=O)O)c1cnccc1C. The highest BCUT2D eigenvalue weighted by molar-refractivity contribution is 5.84. The normalized spacial score (nSPS) is 16.1. The van der Waals surface area contributed by atoms with Gasteiger partial charge in [-0.3, -0.25) is 9.78 Å². The Balaban J connectivity index is 2.42. The van der Waals surface area contributed by atoms with Gasteiger partial charge in [-0.25, -0.2) is 4.79 Å². The molecule has 2 rings (SSSR count). The van der Waals surface area contributed by atoms with E-state index in [0.717, 1.165) is 18.4 Å². The van der Waals surface area contributed by atoms with E-state index in [1.54, 1.807) is 12.3 Å². The fraction of sp³-hybridized carbons (Fsp3) is 0.462. The lowest BCUT2D eigenvalue weighted by Crippen LogP contribution is -2.39. The number of aryl methyl sites for hydroxylation is 1. The summed E-state index contributed by atoms with van der Waals surface area (Å²) in [7, 11) is 0. The molecular formula is C13H16N2O3. The average molecular weight is 248 g/mol. The van der Waals surface area contributed by atoms with E-state index in [-0.39, 0.29) is 11.9 Å². The van der Waals surface area contributed by atoms with Crippen molar-refractivity contribution < 1.29 is 14.7 Å². The standard InChI is InChI=1S/C13H16N2O3/c1-8-5-6-14-7-11(8)12(13(17)18)15(9(2)16)10-3-4-10/h5-7,10,12H,3-4H2,1-2H3,(H,17,18). The minimum Gasteiger partial charge on any atom is -0.479 e. The first-order chi connectivity index (χ1) is 8.52. The number of nitrogens with zero attached hydrogens (tertiary/aromatic N) is 2. The third kappa shape index (κ3) is 2.34. The van der Waals surface area contributed by atoms with Crippen molar-refractivity contribution >= 4 is 11.9 Å². The summed E-state index contributed by atoms with van der Waals surface area (Å²) in [5.74, 6) is -1.21. The van der Waals surface area contributed by atoms with Crippen molar-refractivity contribution in [3.05, 3.63) is 29.6 Å². The number of carbonyl (C=O) groups is 2. The van der Waals surface area contributed by atoms with Crippen molar-refractivity contribution in [2.45, 2.75) is 38.8 Å². The van der Waals surface area contributed by atoms with E-state index < -0.39 is 12.0 Å². The third-order valence-electron chi connectivity index (χ3n) is 3.19. The van der Waals surface area contributed by atoms with Gasteiger partial charge in [-0.1, -0.05) is 0 Å². The molecule has 1 amide bonds. The van der Waals surface area contributed by atoms with Gasteiger partial charge in [-0.05, 0) is 31.4 Å². The summed E-state index contributed by atoms with van der Waals surface area (Å²) in [5.41, 5.74) is 1.43. The highest BCUT2D eigenvalue weighted by Crippen LogP contribution is 2.35. The molecule has 0 spiro atoms. The maximum atomic E-state index is 11.7. The molecule has 1 atom stereocenters. The summed E-state index contributed by atoms with van der Waals surface area (Å²) in [6.07, 6.45) is 4.91. The summed E-state index contributed by atoms with van der Waals surface area (Å²) >= 11 is 0. The van der Waals surface area contributed by atoms with Crippen molar-refractivity contribution in [1.82, 2.24) is 9.88 Å². The van der Waals surface area contributed by atoms with Crippen molar-refractivity contribution in [3.8, 4) is 0 Å². The molecule has 1 saturated carbocycles. The smallest absolute Gasteiger partial charge is 0.331 e. The maximum absolute atomic E-state index is 11.7. The van der Waals surface area contributed by atoms with Gasteiger partial charge >= 0.3 is 5.97 Å². The molecule has 5 nitrogen and oxygen atoms in total. The van der Waals surface area contributed by atoms with E-state index in [2.05, 4.69) is 4.98 Å². The lowest BCUT2D eigenvalue weighted by molar-refractivity contribution is -0.150. The number of carboxylic acid groups (broad SMARTS) is 1. The fourth-order valence-electron chi connectivity index (χ4n) is 2.17.